The van der Waals surface area contributed by atoms with E-state index < -0.39 is 18.0 Å². The molecule has 0 saturated carbocycles. The van der Waals surface area contributed by atoms with Crippen molar-refractivity contribution in [3.63, 3.8) is 0 Å². The van der Waals surface area contributed by atoms with Crippen LogP contribution >= 0.6 is 0 Å². The molecule has 3 rings (SSSR count). The highest BCUT2D eigenvalue weighted by molar-refractivity contribution is 5.96. The summed E-state index contributed by atoms with van der Waals surface area (Å²) >= 11 is 0. The molecule has 1 aliphatic rings. The van der Waals surface area contributed by atoms with Crippen molar-refractivity contribution in [3.8, 4) is 0 Å². The molecule has 0 fully saturated rings. The topological polar surface area (TPSA) is 72.9 Å². The molecule has 0 aliphatic carbocycles. The Labute approximate surface area is 176 Å². The molecule has 2 aromatic rings. The first-order valence-corrected chi connectivity index (χ1v) is 10.1. The molecule has 0 saturated heterocycles. The Morgan fingerprint density at radius 2 is 1.73 bits per heavy atom. The molecule has 30 heavy (non-hydrogen) atoms. The van der Waals surface area contributed by atoms with Gasteiger partial charge in [0, 0.05) is 18.5 Å². The maximum absolute atomic E-state index is 12.5. The lowest BCUT2D eigenvalue weighted by Crippen LogP contribution is -2.44. The summed E-state index contributed by atoms with van der Waals surface area (Å²) < 4.78 is 10.8. The van der Waals surface area contributed by atoms with Crippen LogP contribution in [0.1, 0.15) is 65.6 Å². The lowest BCUT2D eigenvalue weighted by atomic mass is 9.93. The first-order valence-electron chi connectivity index (χ1n) is 10.1. The molecule has 2 aromatic carbocycles. The fraction of sp³-hybridized carbons (Fsp3) is 0.375. The molecule has 0 aromatic heterocycles. The van der Waals surface area contributed by atoms with Gasteiger partial charge in [-0.1, -0.05) is 30.3 Å². The largest absolute Gasteiger partial charge is 0.454 e. The van der Waals surface area contributed by atoms with Gasteiger partial charge in [0.2, 0.25) is 0 Å². The van der Waals surface area contributed by atoms with Gasteiger partial charge in [0.25, 0.3) is 5.91 Å². The quantitative estimate of drug-likeness (QED) is 0.676. The molecule has 1 aliphatic heterocycles. The summed E-state index contributed by atoms with van der Waals surface area (Å²) in [6.07, 6.45) is 0.0734. The zero-order valence-electron chi connectivity index (χ0n) is 17.8. The maximum Gasteiger partial charge on any atom is 0.339 e. The molecule has 1 unspecified atom stereocenters. The van der Waals surface area contributed by atoms with Crippen LogP contribution in [-0.2, 0) is 20.7 Å². The molecular formula is C24H27NO5. The average molecular weight is 409 g/mol. The van der Waals surface area contributed by atoms with Gasteiger partial charge in [0.1, 0.15) is 6.10 Å². The second-order valence-corrected chi connectivity index (χ2v) is 7.95. The van der Waals surface area contributed by atoms with E-state index in [0.29, 0.717) is 17.5 Å². The summed E-state index contributed by atoms with van der Waals surface area (Å²) in [6.45, 7) is 7.37. The molecule has 1 atom stereocenters. The molecule has 1 heterocycles. The second-order valence-electron chi connectivity index (χ2n) is 7.95. The van der Waals surface area contributed by atoms with Crippen LogP contribution in [0.4, 0.5) is 0 Å². The van der Waals surface area contributed by atoms with Gasteiger partial charge in [-0.3, -0.25) is 4.79 Å². The van der Waals surface area contributed by atoms with E-state index in [1.807, 2.05) is 58.0 Å². The summed E-state index contributed by atoms with van der Waals surface area (Å²) in [5, 5.41) is 0. The van der Waals surface area contributed by atoms with Crippen LogP contribution in [-0.4, -0.2) is 41.4 Å². The van der Waals surface area contributed by atoms with Crippen molar-refractivity contribution in [1.29, 1.82) is 0 Å². The molecule has 158 valence electrons. The van der Waals surface area contributed by atoms with Crippen LogP contribution in [0.5, 0.6) is 0 Å². The van der Waals surface area contributed by atoms with Crippen molar-refractivity contribution in [2.45, 2.75) is 52.3 Å². The van der Waals surface area contributed by atoms with E-state index >= 15 is 0 Å². The van der Waals surface area contributed by atoms with E-state index in [2.05, 4.69) is 0 Å². The summed E-state index contributed by atoms with van der Waals surface area (Å²) in [5.41, 5.74) is 2.38. The highest BCUT2D eigenvalue weighted by Gasteiger charge is 2.28. The van der Waals surface area contributed by atoms with Crippen LogP contribution in [0.15, 0.2) is 48.5 Å². The number of carbonyl (C=O) groups excluding carboxylic acids is 3. The molecule has 6 heteroatoms. The highest BCUT2D eigenvalue weighted by atomic mass is 16.5. The van der Waals surface area contributed by atoms with Crippen molar-refractivity contribution in [2.75, 3.05) is 6.61 Å². The smallest absolute Gasteiger partial charge is 0.339 e. The van der Waals surface area contributed by atoms with Crippen molar-refractivity contribution < 1.29 is 23.9 Å². The van der Waals surface area contributed by atoms with Crippen LogP contribution in [0.3, 0.4) is 0 Å². The number of hydrogen-bond acceptors (Lipinski definition) is 5. The zero-order valence-corrected chi connectivity index (χ0v) is 17.8. The number of cyclic esters (lactones) is 1. The van der Waals surface area contributed by atoms with Gasteiger partial charge in [-0.15, -0.1) is 0 Å². The van der Waals surface area contributed by atoms with Gasteiger partial charge in [0.05, 0.1) is 11.1 Å². The summed E-state index contributed by atoms with van der Waals surface area (Å²) in [6, 6.07) is 14.3. The lowest BCUT2D eigenvalue weighted by molar-refractivity contribution is -0.138. The number of fused-ring (bicyclic) bond motifs is 1. The van der Waals surface area contributed by atoms with Crippen LogP contribution < -0.4 is 0 Å². The molecule has 0 spiro atoms. The normalized spacial score (nSPS) is 15.5. The number of rotatable bonds is 6. The number of esters is 2. The first kappa shape index (κ1) is 21.6. The monoisotopic (exact) mass is 409 g/mol. The Kier molecular flexibility index (Phi) is 6.55. The third-order valence-corrected chi connectivity index (χ3v) is 5.11. The minimum Gasteiger partial charge on any atom is -0.454 e. The minimum atomic E-state index is -0.589. The predicted molar refractivity (Wildman–Crippen MR) is 112 cm³/mol. The van der Waals surface area contributed by atoms with Crippen molar-refractivity contribution in [2.24, 2.45) is 0 Å². The van der Waals surface area contributed by atoms with E-state index in [1.165, 1.54) is 6.07 Å². The van der Waals surface area contributed by atoms with Gasteiger partial charge >= 0.3 is 11.9 Å². The number of amides is 1. The van der Waals surface area contributed by atoms with E-state index in [0.717, 1.165) is 11.1 Å². The standard InChI is InChI=1S/C24H27NO5/c1-15(2)25(16(3)4)22(26)14-29-23(27)18-10-11-20-19(12-18)13-21(30-24(20)28)17-8-6-5-7-9-17/h5-12,15-16,21H,13-14H2,1-4H3. The zero-order chi connectivity index (χ0) is 21.8. The van der Waals surface area contributed by atoms with Crippen molar-refractivity contribution >= 4 is 17.8 Å². The molecule has 0 radical (unpaired) electrons. The second kappa shape index (κ2) is 9.11. The number of ether oxygens (including phenoxy) is 2. The molecular weight excluding hydrogens is 382 g/mol. The van der Waals surface area contributed by atoms with E-state index in [4.69, 9.17) is 9.47 Å². The molecule has 6 nitrogen and oxygen atoms in total. The Hall–Kier alpha value is -3.15. The molecule has 1 amide bonds. The number of nitrogens with zero attached hydrogens (tertiary/aromatic N) is 1. The SMILES string of the molecule is CC(C)N(C(=O)COC(=O)c1ccc2c(c1)CC(c1ccccc1)OC2=O)C(C)C. The third-order valence-electron chi connectivity index (χ3n) is 5.11. The molecule has 0 bridgehead atoms. The lowest BCUT2D eigenvalue weighted by Gasteiger charge is -2.30. The van der Waals surface area contributed by atoms with Crippen LogP contribution in [0.25, 0.3) is 0 Å². The van der Waals surface area contributed by atoms with Crippen molar-refractivity contribution in [1.82, 2.24) is 4.90 Å². The average Bonchev–Trinajstić information content (AvgIpc) is 2.71. The van der Waals surface area contributed by atoms with E-state index in [9.17, 15) is 14.4 Å². The predicted octanol–water partition coefficient (Wildman–Crippen LogP) is 3.94. The van der Waals surface area contributed by atoms with Crippen LogP contribution in [0.2, 0.25) is 0 Å². The minimum absolute atomic E-state index is 0.0147. The Morgan fingerprint density at radius 3 is 2.37 bits per heavy atom. The number of carbonyl (C=O) groups is 3. The van der Waals surface area contributed by atoms with Gasteiger partial charge in [-0.25, -0.2) is 9.59 Å². The maximum atomic E-state index is 12.5. The fourth-order valence-corrected chi connectivity index (χ4v) is 3.83. The Balaban J connectivity index is 1.72. The number of hydrogen-bond donors (Lipinski definition) is 0. The van der Waals surface area contributed by atoms with Crippen LogP contribution in [0, 0.1) is 0 Å². The summed E-state index contributed by atoms with van der Waals surface area (Å²) in [7, 11) is 0. The Bertz CT molecular complexity index is 928. The van der Waals surface area contributed by atoms with Crippen molar-refractivity contribution in [3.05, 3.63) is 70.8 Å². The van der Waals surface area contributed by atoms with Gasteiger partial charge < -0.3 is 14.4 Å². The first-order chi connectivity index (χ1) is 14.3. The van der Waals surface area contributed by atoms with Gasteiger partial charge in [-0.05, 0) is 57.0 Å². The highest BCUT2D eigenvalue weighted by Crippen LogP contribution is 2.31. The summed E-state index contributed by atoms with van der Waals surface area (Å²) in [5.74, 6) is -1.24. The van der Waals surface area contributed by atoms with Gasteiger partial charge in [-0.2, -0.15) is 0 Å². The van der Waals surface area contributed by atoms with E-state index in [-0.39, 0.29) is 24.6 Å². The van der Waals surface area contributed by atoms with E-state index in [1.54, 1.807) is 17.0 Å². The van der Waals surface area contributed by atoms with Gasteiger partial charge in [0.15, 0.2) is 6.61 Å². The number of benzene rings is 2. The molecule has 0 N–H and O–H groups in total. The fourth-order valence-electron chi connectivity index (χ4n) is 3.83. The Morgan fingerprint density at radius 1 is 1.07 bits per heavy atom. The summed E-state index contributed by atoms with van der Waals surface area (Å²) in [4.78, 5) is 39.0. The third kappa shape index (κ3) is 4.70.